The van der Waals surface area contributed by atoms with Crippen molar-refractivity contribution in [2.45, 2.75) is 19.0 Å². The Hall–Kier alpha value is -3.54. The molecule has 0 atom stereocenters. The molecule has 2 aromatic rings. The van der Waals surface area contributed by atoms with Gasteiger partial charge in [0.2, 0.25) is 0 Å². The van der Waals surface area contributed by atoms with Gasteiger partial charge in [-0.25, -0.2) is 13.6 Å². The fourth-order valence-electron chi connectivity index (χ4n) is 2.11. The Labute approximate surface area is 167 Å². The summed E-state index contributed by atoms with van der Waals surface area (Å²) in [5.41, 5.74) is 6.02. The lowest BCUT2D eigenvalue weighted by molar-refractivity contribution is -0.384. The van der Waals surface area contributed by atoms with Gasteiger partial charge in [-0.3, -0.25) is 10.1 Å². The van der Waals surface area contributed by atoms with Crippen LogP contribution in [0.3, 0.4) is 0 Å². The van der Waals surface area contributed by atoms with Gasteiger partial charge in [-0.1, -0.05) is 17.3 Å². The average Bonchev–Trinajstić information content (AvgIpc) is 2.71. The maximum atomic E-state index is 12.8. The minimum absolute atomic E-state index is 0.0167. The van der Waals surface area contributed by atoms with Gasteiger partial charge >= 0.3 is 18.3 Å². The van der Waals surface area contributed by atoms with Crippen LogP contribution in [0.5, 0.6) is 0 Å². The SMILES string of the molecule is N/C(=N\OC(=O)c1cccc(COCC(F)(F)C(F)F)c1)c1ccc([N+](=O)[O-])cc1. The molecule has 12 heteroatoms. The number of nitro groups is 1. The summed E-state index contributed by atoms with van der Waals surface area (Å²) in [6.45, 7) is -1.91. The first-order valence-corrected chi connectivity index (χ1v) is 8.22. The number of carbonyl (C=O) groups excluding carboxylic acids is 1. The highest BCUT2D eigenvalue weighted by Gasteiger charge is 2.40. The standard InChI is InChI=1S/C18H15F4N3O5/c19-17(20)18(21,22)10-29-9-11-2-1-3-13(8-11)16(26)30-24-15(23)12-4-6-14(7-5-12)25(27)28/h1-8,17H,9-10H2,(H2,23,24). The minimum Gasteiger partial charge on any atom is -0.380 e. The van der Waals surface area contributed by atoms with Crippen LogP contribution in [0.25, 0.3) is 0 Å². The topological polar surface area (TPSA) is 117 Å². The second kappa shape index (κ2) is 9.78. The van der Waals surface area contributed by atoms with Crippen LogP contribution in [0.15, 0.2) is 53.7 Å². The van der Waals surface area contributed by atoms with Crippen molar-refractivity contribution in [3.63, 3.8) is 0 Å². The monoisotopic (exact) mass is 429 g/mol. The minimum atomic E-state index is -4.28. The second-order valence-corrected chi connectivity index (χ2v) is 5.91. The van der Waals surface area contributed by atoms with Crippen molar-refractivity contribution in [2.24, 2.45) is 10.9 Å². The molecule has 0 fully saturated rings. The molecule has 160 valence electrons. The lowest BCUT2D eigenvalue weighted by Gasteiger charge is -2.15. The number of halogens is 4. The van der Waals surface area contributed by atoms with Crippen molar-refractivity contribution < 1.29 is 36.9 Å². The largest absolute Gasteiger partial charge is 0.380 e. The number of benzene rings is 2. The number of ether oxygens (including phenoxy) is 1. The summed E-state index contributed by atoms with van der Waals surface area (Å²) in [6.07, 6.45) is -3.85. The Morgan fingerprint density at radius 1 is 1.17 bits per heavy atom. The van der Waals surface area contributed by atoms with Gasteiger partial charge in [-0.2, -0.15) is 8.78 Å². The van der Waals surface area contributed by atoms with E-state index in [1.54, 1.807) is 0 Å². The highest BCUT2D eigenvalue weighted by atomic mass is 19.3. The first-order chi connectivity index (χ1) is 14.1. The Kier molecular flexibility index (Phi) is 7.42. The number of hydrogen-bond donors (Lipinski definition) is 1. The number of oxime groups is 1. The van der Waals surface area contributed by atoms with Gasteiger partial charge in [0.25, 0.3) is 5.69 Å². The highest BCUT2D eigenvalue weighted by Crippen LogP contribution is 2.23. The maximum Gasteiger partial charge on any atom is 0.365 e. The van der Waals surface area contributed by atoms with Gasteiger partial charge in [-0.05, 0) is 29.8 Å². The number of non-ortho nitro benzene ring substituents is 1. The van der Waals surface area contributed by atoms with Crippen molar-refractivity contribution in [3.8, 4) is 0 Å². The molecule has 0 amide bonds. The Morgan fingerprint density at radius 2 is 1.83 bits per heavy atom. The van der Waals surface area contributed by atoms with E-state index < -0.39 is 36.5 Å². The zero-order valence-electron chi connectivity index (χ0n) is 15.1. The van der Waals surface area contributed by atoms with Crippen molar-refractivity contribution in [1.82, 2.24) is 0 Å². The molecule has 0 unspecified atom stereocenters. The molecule has 0 heterocycles. The number of hydrogen-bond acceptors (Lipinski definition) is 6. The molecular weight excluding hydrogens is 414 g/mol. The first-order valence-electron chi connectivity index (χ1n) is 8.22. The van der Waals surface area contributed by atoms with E-state index in [0.717, 1.165) is 0 Å². The second-order valence-electron chi connectivity index (χ2n) is 5.91. The lowest BCUT2D eigenvalue weighted by atomic mass is 10.1. The summed E-state index contributed by atoms with van der Waals surface area (Å²) >= 11 is 0. The summed E-state index contributed by atoms with van der Waals surface area (Å²) < 4.78 is 54.4. The molecule has 0 aromatic heterocycles. The molecular formula is C18H15F4N3O5. The molecule has 0 aliphatic carbocycles. The van der Waals surface area contributed by atoms with Crippen LogP contribution in [0, 0.1) is 10.1 Å². The average molecular weight is 429 g/mol. The van der Waals surface area contributed by atoms with Crippen molar-refractivity contribution in [2.75, 3.05) is 6.61 Å². The Bertz CT molecular complexity index is 936. The van der Waals surface area contributed by atoms with Crippen LogP contribution in [0.4, 0.5) is 23.2 Å². The van der Waals surface area contributed by atoms with E-state index in [9.17, 15) is 32.5 Å². The third-order valence-corrected chi connectivity index (χ3v) is 3.65. The van der Waals surface area contributed by atoms with Gasteiger partial charge in [0.05, 0.1) is 17.1 Å². The highest BCUT2D eigenvalue weighted by molar-refractivity contribution is 5.98. The molecule has 0 bridgehead atoms. The molecule has 2 rings (SSSR count). The zero-order valence-corrected chi connectivity index (χ0v) is 15.1. The van der Waals surface area contributed by atoms with Gasteiger partial charge < -0.3 is 15.3 Å². The van der Waals surface area contributed by atoms with Crippen molar-refractivity contribution in [1.29, 1.82) is 0 Å². The van der Waals surface area contributed by atoms with Gasteiger partial charge in [0.15, 0.2) is 5.84 Å². The molecule has 0 saturated carbocycles. The Balaban J connectivity index is 1.97. The number of nitrogens with zero attached hydrogens (tertiary/aromatic N) is 2. The fraction of sp³-hybridized carbons (Fsp3) is 0.222. The molecule has 8 nitrogen and oxygen atoms in total. The summed E-state index contributed by atoms with van der Waals surface area (Å²) in [6, 6.07) is 10.5. The number of nitro benzene ring substituents is 1. The summed E-state index contributed by atoms with van der Waals surface area (Å²) in [4.78, 5) is 26.8. The quantitative estimate of drug-likeness (QED) is 0.163. The summed E-state index contributed by atoms with van der Waals surface area (Å²) in [5, 5.41) is 14.1. The van der Waals surface area contributed by atoms with E-state index in [0.29, 0.717) is 0 Å². The summed E-state index contributed by atoms with van der Waals surface area (Å²) in [5.74, 6) is -5.42. The van der Waals surface area contributed by atoms with Crippen molar-refractivity contribution >= 4 is 17.5 Å². The number of alkyl halides is 4. The molecule has 30 heavy (non-hydrogen) atoms. The molecule has 0 saturated heterocycles. The Morgan fingerprint density at radius 3 is 2.43 bits per heavy atom. The predicted octanol–water partition coefficient (Wildman–Crippen LogP) is 3.49. The van der Waals surface area contributed by atoms with Crippen LogP contribution in [-0.2, 0) is 16.2 Å². The zero-order chi connectivity index (χ0) is 22.3. The van der Waals surface area contributed by atoms with E-state index in [4.69, 9.17) is 10.6 Å². The van der Waals surface area contributed by atoms with Crippen LogP contribution in [0.2, 0.25) is 0 Å². The van der Waals surface area contributed by atoms with Gasteiger partial charge in [-0.15, -0.1) is 0 Å². The summed E-state index contributed by atoms with van der Waals surface area (Å²) in [7, 11) is 0. The van der Waals surface area contributed by atoms with Crippen LogP contribution in [0.1, 0.15) is 21.5 Å². The van der Waals surface area contributed by atoms with Gasteiger partial charge in [0, 0.05) is 17.7 Å². The number of carbonyl (C=O) groups is 1. The fourth-order valence-corrected chi connectivity index (χ4v) is 2.11. The molecule has 2 N–H and O–H groups in total. The lowest BCUT2D eigenvalue weighted by Crippen LogP contribution is -2.32. The van der Waals surface area contributed by atoms with Gasteiger partial charge in [0.1, 0.15) is 6.61 Å². The van der Waals surface area contributed by atoms with E-state index in [2.05, 4.69) is 9.89 Å². The molecule has 0 aliphatic heterocycles. The number of amidine groups is 1. The normalized spacial score (nSPS) is 12.1. The van der Waals surface area contributed by atoms with E-state index in [-0.39, 0.29) is 28.2 Å². The molecule has 2 aromatic carbocycles. The first kappa shape index (κ1) is 22.7. The van der Waals surface area contributed by atoms with E-state index in [1.165, 1.54) is 48.5 Å². The van der Waals surface area contributed by atoms with Crippen LogP contribution in [-0.4, -0.2) is 35.7 Å². The third kappa shape index (κ3) is 6.24. The maximum absolute atomic E-state index is 12.8. The molecule has 0 aliphatic rings. The smallest absolute Gasteiger partial charge is 0.365 e. The van der Waals surface area contributed by atoms with Crippen molar-refractivity contribution in [3.05, 3.63) is 75.3 Å². The molecule has 0 spiro atoms. The van der Waals surface area contributed by atoms with E-state index in [1.807, 2.05) is 0 Å². The third-order valence-electron chi connectivity index (χ3n) is 3.65. The predicted molar refractivity (Wildman–Crippen MR) is 96.3 cm³/mol. The van der Waals surface area contributed by atoms with E-state index >= 15 is 0 Å². The van der Waals surface area contributed by atoms with Crippen LogP contribution >= 0.6 is 0 Å². The molecule has 0 radical (unpaired) electrons. The number of nitrogens with two attached hydrogens (primary N) is 1. The number of rotatable bonds is 9. The van der Waals surface area contributed by atoms with Crippen LogP contribution < -0.4 is 5.73 Å².